The van der Waals surface area contributed by atoms with Gasteiger partial charge in [-0.3, -0.25) is 0 Å². The first kappa shape index (κ1) is 24.6. The van der Waals surface area contributed by atoms with Crippen LogP contribution in [0.25, 0.3) is 0 Å². The van der Waals surface area contributed by atoms with Gasteiger partial charge in [0.05, 0.1) is 17.9 Å². The monoisotopic (exact) mass is 494 g/mol. The number of unbranched alkanes of at least 4 members (excludes halogenated alkanes) is 1. The molecule has 0 atom stereocenters. The first-order valence-corrected chi connectivity index (χ1v) is 12.7. The van der Waals surface area contributed by atoms with Gasteiger partial charge in [0.15, 0.2) is 16.8 Å². The summed E-state index contributed by atoms with van der Waals surface area (Å²) < 4.78 is 46.6. The van der Waals surface area contributed by atoms with Crippen molar-refractivity contribution in [3.63, 3.8) is 0 Å². The van der Waals surface area contributed by atoms with Crippen LogP contribution in [0.1, 0.15) is 81.0 Å². The smallest absolute Gasteiger partial charge is 0.378 e. The number of anilines is 1. The Kier molecular flexibility index (Phi) is 8.12. The van der Waals surface area contributed by atoms with E-state index in [0.29, 0.717) is 29.0 Å². The number of halogens is 3. The van der Waals surface area contributed by atoms with E-state index >= 15 is 0 Å². The number of nitrogens with zero attached hydrogens (tertiary/aromatic N) is 5. The lowest BCUT2D eigenvalue weighted by Gasteiger charge is -2.25. The molecule has 0 saturated heterocycles. The van der Waals surface area contributed by atoms with Crippen molar-refractivity contribution in [2.75, 3.05) is 5.32 Å². The SMILES string of the molecule is CCCCc1nc(CSc2nnc(CNc3cccc(C(F)(F)F)c3)n2C2CCCCC2)no1. The summed E-state index contributed by atoms with van der Waals surface area (Å²) in [5, 5.41) is 16.7. The molecule has 1 fully saturated rings. The minimum Gasteiger partial charge on any atom is -0.378 e. The van der Waals surface area contributed by atoms with Gasteiger partial charge in [-0.1, -0.05) is 55.6 Å². The predicted molar refractivity (Wildman–Crippen MR) is 123 cm³/mol. The van der Waals surface area contributed by atoms with Crippen LogP contribution in [0.3, 0.4) is 0 Å². The Labute approximate surface area is 200 Å². The zero-order valence-corrected chi connectivity index (χ0v) is 20.0. The lowest BCUT2D eigenvalue weighted by molar-refractivity contribution is -0.137. The molecular weight excluding hydrogens is 465 g/mol. The summed E-state index contributed by atoms with van der Waals surface area (Å²) in [4.78, 5) is 4.46. The molecule has 1 saturated carbocycles. The van der Waals surface area contributed by atoms with Crippen LogP contribution < -0.4 is 5.32 Å². The Balaban J connectivity index is 1.47. The van der Waals surface area contributed by atoms with E-state index < -0.39 is 11.7 Å². The van der Waals surface area contributed by atoms with E-state index in [-0.39, 0.29) is 12.6 Å². The first-order chi connectivity index (χ1) is 16.4. The Bertz CT molecular complexity index is 1060. The minimum atomic E-state index is -4.38. The van der Waals surface area contributed by atoms with Crippen LogP contribution in [-0.4, -0.2) is 24.9 Å². The van der Waals surface area contributed by atoms with Gasteiger partial charge in [-0.05, 0) is 37.5 Å². The number of thioether (sulfide) groups is 1. The Morgan fingerprint density at radius 2 is 2.00 bits per heavy atom. The van der Waals surface area contributed by atoms with Crippen LogP contribution in [0.5, 0.6) is 0 Å². The van der Waals surface area contributed by atoms with Crippen molar-refractivity contribution in [2.45, 2.75) is 88.0 Å². The first-order valence-electron chi connectivity index (χ1n) is 11.7. The molecule has 0 unspecified atom stereocenters. The zero-order chi connectivity index (χ0) is 24.0. The molecule has 2 aromatic heterocycles. The van der Waals surface area contributed by atoms with Crippen molar-refractivity contribution < 1.29 is 17.7 Å². The number of aromatic nitrogens is 5. The van der Waals surface area contributed by atoms with Gasteiger partial charge in [0.25, 0.3) is 0 Å². The fourth-order valence-electron chi connectivity index (χ4n) is 4.13. The van der Waals surface area contributed by atoms with E-state index in [1.807, 2.05) is 0 Å². The van der Waals surface area contributed by atoms with Gasteiger partial charge >= 0.3 is 6.18 Å². The lowest BCUT2D eigenvalue weighted by Crippen LogP contribution is -2.18. The summed E-state index contributed by atoms with van der Waals surface area (Å²) in [6.45, 7) is 2.40. The standard InChI is InChI=1S/C23H29F3N6OS/c1-2-3-12-21-28-19(31-33-21)15-34-22-30-29-20(32(22)18-10-5-4-6-11-18)14-27-17-9-7-8-16(13-17)23(24,25)26/h7-9,13,18,27H,2-6,10-12,14-15H2,1H3. The van der Waals surface area contributed by atoms with Gasteiger partial charge in [-0.2, -0.15) is 18.2 Å². The molecule has 3 aromatic rings. The van der Waals surface area contributed by atoms with Crippen LogP contribution in [0.4, 0.5) is 18.9 Å². The second-order valence-electron chi connectivity index (χ2n) is 8.49. The number of nitrogens with one attached hydrogen (secondary N) is 1. The average Bonchev–Trinajstić information content (AvgIpc) is 3.47. The second kappa shape index (κ2) is 11.2. The van der Waals surface area contributed by atoms with Crippen LogP contribution in [0.2, 0.25) is 0 Å². The van der Waals surface area contributed by atoms with E-state index in [9.17, 15) is 13.2 Å². The van der Waals surface area contributed by atoms with Crippen molar-refractivity contribution >= 4 is 17.4 Å². The van der Waals surface area contributed by atoms with Crippen LogP contribution in [-0.2, 0) is 24.9 Å². The summed E-state index contributed by atoms with van der Waals surface area (Å²) >= 11 is 1.51. The van der Waals surface area contributed by atoms with E-state index in [2.05, 4.69) is 37.1 Å². The van der Waals surface area contributed by atoms with Crippen molar-refractivity contribution in [3.8, 4) is 0 Å². The Morgan fingerprint density at radius 1 is 1.18 bits per heavy atom. The summed E-state index contributed by atoms with van der Waals surface area (Å²) in [6.07, 6.45) is 4.02. The second-order valence-corrected chi connectivity index (χ2v) is 9.43. The molecule has 1 N–H and O–H groups in total. The van der Waals surface area contributed by atoms with Gasteiger partial charge in [0.1, 0.15) is 0 Å². The third-order valence-corrected chi connectivity index (χ3v) is 6.84. The quantitative estimate of drug-likeness (QED) is 0.325. The van der Waals surface area contributed by atoms with Gasteiger partial charge in [-0.15, -0.1) is 10.2 Å². The average molecular weight is 495 g/mol. The van der Waals surface area contributed by atoms with E-state index in [1.165, 1.54) is 24.2 Å². The number of benzene rings is 1. The highest BCUT2D eigenvalue weighted by Crippen LogP contribution is 2.34. The topological polar surface area (TPSA) is 81.7 Å². The molecule has 184 valence electrons. The van der Waals surface area contributed by atoms with E-state index in [1.54, 1.807) is 6.07 Å². The van der Waals surface area contributed by atoms with Crippen molar-refractivity contribution in [1.82, 2.24) is 24.9 Å². The third-order valence-electron chi connectivity index (χ3n) is 5.90. The highest BCUT2D eigenvalue weighted by Gasteiger charge is 2.30. The van der Waals surface area contributed by atoms with Gasteiger partial charge < -0.3 is 14.4 Å². The van der Waals surface area contributed by atoms with Crippen molar-refractivity contribution in [3.05, 3.63) is 47.4 Å². The number of rotatable bonds is 10. The fourth-order valence-corrected chi connectivity index (χ4v) is 4.99. The largest absolute Gasteiger partial charge is 0.416 e. The predicted octanol–water partition coefficient (Wildman–Crippen LogP) is 6.43. The molecule has 0 spiro atoms. The number of alkyl halides is 3. The molecule has 1 aliphatic carbocycles. The third kappa shape index (κ3) is 6.31. The number of hydrogen-bond donors (Lipinski definition) is 1. The Morgan fingerprint density at radius 3 is 2.76 bits per heavy atom. The maximum atomic E-state index is 13.1. The van der Waals surface area contributed by atoms with Crippen molar-refractivity contribution in [2.24, 2.45) is 0 Å². The molecular formula is C23H29F3N6OS. The number of hydrogen-bond acceptors (Lipinski definition) is 7. The molecule has 0 amide bonds. The highest BCUT2D eigenvalue weighted by molar-refractivity contribution is 7.98. The van der Waals surface area contributed by atoms with Crippen LogP contribution in [0, 0.1) is 0 Å². The van der Waals surface area contributed by atoms with Crippen LogP contribution >= 0.6 is 11.8 Å². The fraction of sp³-hybridized carbons (Fsp3) is 0.565. The Hall–Kier alpha value is -2.56. The molecule has 4 rings (SSSR count). The maximum absolute atomic E-state index is 13.1. The summed E-state index contributed by atoms with van der Waals surface area (Å²) in [7, 11) is 0. The van der Waals surface area contributed by atoms with E-state index in [4.69, 9.17) is 4.52 Å². The molecule has 11 heteroatoms. The summed E-state index contributed by atoms with van der Waals surface area (Å²) in [6, 6.07) is 5.48. The molecule has 34 heavy (non-hydrogen) atoms. The van der Waals surface area contributed by atoms with Gasteiger partial charge in [0, 0.05) is 18.2 Å². The minimum absolute atomic E-state index is 0.273. The summed E-state index contributed by atoms with van der Waals surface area (Å²) in [5.41, 5.74) is -0.283. The maximum Gasteiger partial charge on any atom is 0.416 e. The lowest BCUT2D eigenvalue weighted by atomic mass is 9.95. The number of aryl methyl sites for hydroxylation is 1. The summed E-state index contributed by atoms with van der Waals surface area (Å²) in [5.74, 6) is 2.50. The highest BCUT2D eigenvalue weighted by atomic mass is 32.2. The normalized spacial score (nSPS) is 15.1. The van der Waals surface area contributed by atoms with Crippen LogP contribution in [0.15, 0.2) is 33.9 Å². The molecule has 0 bridgehead atoms. The molecule has 7 nitrogen and oxygen atoms in total. The van der Waals surface area contributed by atoms with Crippen molar-refractivity contribution in [1.29, 1.82) is 0 Å². The molecule has 0 aliphatic heterocycles. The van der Waals surface area contributed by atoms with Gasteiger partial charge in [-0.25, -0.2) is 0 Å². The zero-order valence-electron chi connectivity index (χ0n) is 19.1. The molecule has 2 heterocycles. The van der Waals surface area contributed by atoms with Gasteiger partial charge in [0.2, 0.25) is 5.89 Å². The molecule has 0 radical (unpaired) electrons. The van der Waals surface area contributed by atoms with E-state index in [0.717, 1.165) is 62.2 Å². The molecule has 1 aliphatic rings. The molecule has 1 aromatic carbocycles.